The minimum atomic E-state index is 0.0150. The summed E-state index contributed by atoms with van der Waals surface area (Å²) < 4.78 is 5.48. The molecular formula is C18H31N3O3. The van der Waals surface area contributed by atoms with Gasteiger partial charge in [0.25, 0.3) is 5.91 Å². The normalized spacial score (nSPS) is 21.2. The number of amides is 1. The average molecular weight is 337 g/mol. The monoisotopic (exact) mass is 337 g/mol. The Hall–Kier alpha value is -1.37. The molecular weight excluding hydrogens is 306 g/mol. The van der Waals surface area contributed by atoms with Gasteiger partial charge < -0.3 is 24.2 Å². The zero-order valence-corrected chi connectivity index (χ0v) is 15.6. The molecule has 6 nitrogen and oxygen atoms in total. The van der Waals surface area contributed by atoms with Gasteiger partial charge in [0.05, 0.1) is 5.56 Å². The van der Waals surface area contributed by atoms with Crippen LogP contribution in [-0.2, 0) is 0 Å². The first kappa shape index (κ1) is 19.0. The maximum absolute atomic E-state index is 12.8. The quantitative estimate of drug-likeness (QED) is 0.806. The van der Waals surface area contributed by atoms with Gasteiger partial charge in [-0.2, -0.15) is 0 Å². The number of hydrogen-bond donors (Lipinski definition) is 1. The second-order valence-corrected chi connectivity index (χ2v) is 7.31. The van der Waals surface area contributed by atoms with E-state index in [1.54, 1.807) is 0 Å². The van der Waals surface area contributed by atoms with Crippen LogP contribution in [0.1, 0.15) is 21.9 Å². The van der Waals surface area contributed by atoms with E-state index in [2.05, 4.69) is 30.9 Å². The van der Waals surface area contributed by atoms with Crippen molar-refractivity contribution in [3.8, 4) is 0 Å². The third-order valence-electron chi connectivity index (χ3n) is 4.84. The summed E-state index contributed by atoms with van der Waals surface area (Å²) in [6.45, 7) is 7.99. The SMILES string of the molecule is Cc1cc(C(=O)N2C[C@@H](CN(C)CCN(C)C)[C@@H](CO)C2)c(C)o1. The van der Waals surface area contributed by atoms with E-state index < -0.39 is 0 Å². The first-order chi connectivity index (χ1) is 11.3. The van der Waals surface area contributed by atoms with Crippen molar-refractivity contribution in [1.82, 2.24) is 14.7 Å². The highest BCUT2D eigenvalue weighted by Crippen LogP contribution is 2.26. The molecule has 0 spiro atoms. The first-order valence-electron chi connectivity index (χ1n) is 8.62. The van der Waals surface area contributed by atoms with Gasteiger partial charge in [-0.1, -0.05) is 0 Å². The van der Waals surface area contributed by atoms with Crippen molar-refractivity contribution in [2.45, 2.75) is 13.8 Å². The Labute approximate surface area is 145 Å². The summed E-state index contributed by atoms with van der Waals surface area (Å²) in [7, 11) is 6.23. The molecule has 2 rings (SSSR count). The fourth-order valence-corrected chi connectivity index (χ4v) is 3.39. The van der Waals surface area contributed by atoms with E-state index in [1.807, 2.05) is 24.8 Å². The smallest absolute Gasteiger partial charge is 0.257 e. The van der Waals surface area contributed by atoms with Crippen LogP contribution in [-0.4, -0.2) is 86.2 Å². The largest absolute Gasteiger partial charge is 0.466 e. The molecule has 1 aromatic rings. The van der Waals surface area contributed by atoms with Gasteiger partial charge in [0.15, 0.2) is 0 Å². The van der Waals surface area contributed by atoms with Gasteiger partial charge in [0.2, 0.25) is 0 Å². The summed E-state index contributed by atoms with van der Waals surface area (Å²) in [5, 5.41) is 9.71. The average Bonchev–Trinajstić information content (AvgIpc) is 3.07. The second-order valence-electron chi connectivity index (χ2n) is 7.31. The third kappa shape index (κ3) is 4.59. The van der Waals surface area contributed by atoms with Crippen LogP contribution in [0.15, 0.2) is 10.5 Å². The number of aliphatic hydroxyl groups excluding tert-OH is 1. The van der Waals surface area contributed by atoms with Crippen LogP contribution in [0.25, 0.3) is 0 Å². The van der Waals surface area contributed by atoms with E-state index in [9.17, 15) is 9.90 Å². The van der Waals surface area contributed by atoms with Crippen molar-refractivity contribution in [2.75, 3.05) is 60.5 Å². The molecule has 2 heterocycles. The number of likely N-dealkylation sites (tertiary alicyclic amines) is 1. The highest BCUT2D eigenvalue weighted by molar-refractivity contribution is 5.95. The van der Waals surface area contributed by atoms with E-state index in [4.69, 9.17) is 4.42 Å². The van der Waals surface area contributed by atoms with Crippen molar-refractivity contribution in [3.63, 3.8) is 0 Å². The van der Waals surface area contributed by atoms with Crippen molar-refractivity contribution >= 4 is 5.91 Å². The molecule has 1 aromatic heterocycles. The number of aliphatic hydroxyl groups is 1. The number of carbonyl (C=O) groups excluding carboxylic acids is 1. The van der Waals surface area contributed by atoms with Gasteiger partial charge in [-0.05, 0) is 47.0 Å². The molecule has 136 valence electrons. The molecule has 0 unspecified atom stereocenters. The molecule has 1 aliphatic heterocycles. The first-order valence-corrected chi connectivity index (χ1v) is 8.62. The molecule has 1 amide bonds. The van der Waals surface area contributed by atoms with Crippen molar-refractivity contribution in [3.05, 3.63) is 23.2 Å². The summed E-state index contributed by atoms with van der Waals surface area (Å²) in [5.41, 5.74) is 0.644. The molecule has 2 atom stereocenters. The lowest BCUT2D eigenvalue weighted by atomic mass is 9.96. The van der Waals surface area contributed by atoms with Crippen LogP contribution in [0.4, 0.5) is 0 Å². The fourth-order valence-electron chi connectivity index (χ4n) is 3.39. The minimum absolute atomic E-state index is 0.0150. The Bertz CT molecular complexity index is 556. The lowest BCUT2D eigenvalue weighted by molar-refractivity contribution is 0.0777. The van der Waals surface area contributed by atoms with Crippen molar-refractivity contribution in [2.24, 2.45) is 11.8 Å². The number of aryl methyl sites for hydroxylation is 2. The maximum Gasteiger partial charge on any atom is 0.257 e. The summed E-state index contributed by atoms with van der Waals surface area (Å²) >= 11 is 0. The molecule has 1 N–H and O–H groups in total. The number of carbonyl (C=O) groups is 1. The number of likely N-dealkylation sites (N-methyl/N-ethyl adjacent to an activating group) is 2. The fraction of sp³-hybridized carbons (Fsp3) is 0.722. The van der Waals surface area contributed by atoms with Crippen molar-refractivity contribution < 1.29 is 14.3 Å². The number of rotatable bonds is 7. The number of furan rings is 1. The van der Waals surface area contributed by atoms with Gasteiger partial charge >= 0.3 is 0 Å². The molecule has 24 heavy (non-hydrogen) atoms. The molecule has 0 aliphatic carbocycles. The zero-order valence-electron chi connectivity index (χ0n) is 15.6. The lowest BCUT2D eigenvalue weighted by Crippen LogP contribution is -2.35. The van der Waals surface area contributed by atoms with Gasteiger partial charge in [0, 0.05) is 45.2 Å². The Balaban J connectivity index is 1.98. The summed E-state index contributed by atoms with van der Waals surface area (Å²) in [4.78, 5) is 19.1. The Morgan fingerprint density at radius 2 is 1.92 bits per heavy atom. The van der Waals surface area contributed by atoms with Crippen molar-refractivity contribution in [1.29, 1.82) is 0 Å². The third-order valence-corrected chi connectivity index (χ3v) is 4.84. The highest BCUT2D eigenvalue weighted by Gasteiger charge is 2.36. The summed E-state index contributed by atoms with van der Waals surface area (Å²) in [6.07, 6.45) is 0. The van der Waals surface area contributed by atoms with Gasteiger partial charge in [-0.25, -0.2) is 0 Å². The van der Waals surface area contributed by atoms with E-state index in [1.165, 1.54) is 0 Å². The zero-order chi connectivity index (χ0) is 17.9. The number of nitrogens with zero attached hydrogens (tertiary/aromatic N) is 3. The van der Waals surface area contributed by atoms with Crippen LogP contribution in [0.5, 0.6) is 0 Å². The standard InChI is InChI=1S/C18H31N3O3/c1-13-8-17(14(2)24-13)18(23)21-10-15(16(11-21)12-22)9-20(5)7-6-19(3)4/h8,15-16,22H,6-7,9-12H2,1-5H3/t15-,16-/m1/s1. The Morgan fingerprint density at radius 3 is 2.46 bits per heavy atom. The van der Waals surface area contributed by atoms with Crippen LogP contribution >= 0.6 is 0 Å². The van der Waals surface area contributed by atoms with Crippen LogP contribution in [0.3, 0.4) is 0 Å². The molecule has 0 saturated carbocycles. The van der Waals surface area contributed by atoms with E-state index in [0.29, 0.717) is 30.3 Å². The van der Waals surface area contributed by atoms with Crippen LogP contribution in [0, 0.1) is 25.7 Å². The summed E-state index contributed by atoms with van der Waals surface area (Å²) in [5.74, 6) is 1.89. The highest BCUT2D eigenvalue weighted by atomic mass is 16.3. The van der Waals surface area contributed by atoms with E-state index >= 15 is 0 Å². The second kappa shape index (κ2) is 8.14. The van der Waals surface area contributed by atoms with E-state index in [-0.39, 0.29) is 18.4 Å². The van der Waals surface area contributed by atoms with Gasteiger partial charge in [0.1, 0.15) is 11.5 Å². The molecule has 0 bridgehead atoms. The minimum Gasteiger partial charge on any atom is -0.466 e. The molecule has 1 aliphatic rings. The topological polar surface area (TPSA) is 60.2 Å². The molecule has 1 saturated heterocycles. The Kier molecular flexibility index (Phi) is 6.43. The molecule has 1 fully saturated rings. The van der Waals surface area contributed by atoms with Crippen LogP contribution in [0.2, 0.25) is 0 Å². The Morgan fingerprint density at radius 1 is 1.25 bits per heavy atom. The maximum atomic E-state index is 12.8. The predicted octanol–water partition coefficient (Wildman–Crippen LogP) is 1.07. The van der Waals surface area contributed by atoms with Gasteiger partial charge in [-0.3, -0.25) is 4.79 Å². The van der Waals surface area contributed by atoms with Crippen LogP contribution < -0.4 is 0 Å². The van der Waals surface area contributed by atoms with Gasteiger partial charge in [-0.15, -0.1) is 0 Å². The lowest BCUT2D eigenvalue weighted by Gasteiger charge is -2.25. The molecule has 6 heteroatoms. The molecule has 0 aromatic carbocycles. The predicted molar refractivity (Wildman–Crippen MR) is 94.2 cm³/mol. The van der Waals surface area contributed by atoms with E-state index in [0.717, 1.165) is 25.4 Å². The number of hydrogen-bond acceptors (Lipinski definition) is 5. The molecule has 0 radical (unpaired) electrons. The summed E-state index contributed by atoms with van der Waals surface area (Å²) in [6, 6.07) is 1.81.